The lowest BCUT2D eigenvalue weighted by Gasteiger charge is -2.29. The van der Waals surface area contributed by atoms with E-state index in [-0.39, 0.29) is 6.04 Å². The van der Waals surface area contributed by atoms with Gasteiger partial charge in [-0.05, 0) is 59.3 Å². The van der Waals surface area contributed by atoms with Gasteiger partial charge in [-0.2, -0.15) is 0 Å². The Hall–Kier alpha value is -0.580. The summed E-state index contributed by atoms with van der Waals surface area (Å²) in [6.07, 6.45) is 2.45. The van der Waals surface area contributed by atoms with Gasteiger partial charge in [0.1, 0.15) is 0 Å². The molecule has 3 nitrogen and oxygen atoms in total. The Bertz CT molecular complexity index is 417. The maximum absolute atomic E-state index is 5.91. The fraction of sp³-hybridized carbons (Fsp3) is 0.600. The minimum absolute atomic E-state index is 0.0717. The molecule has 0 aromatic heterocycles. The minimum atomic E-state index is 0.0717. The summed E-state index contributed by atoms with van der Waals surface area (Å²) in [5, 5.41) is 0. The summed E-state index contributed by atoms with van der Waals surface area (Å²) in [7, 11) is 2.14. The van der Waals surface area contributed by atoms with Crippen molar-refractivity contribution in [2.75, 3.05) is 31.7 Å². The molecule has 2 rings (SSSR count). The van der Waals surface area contributed by atoms with Crippen LogP contribution in [-0.4, -0.2) is 26.8 Å². The molecule has 2 atom stereocenters. The molecule has 0 saturated carbocycles. The molecule has 19 heavy (non-hydrogen) atoms. The quantitative estimate of drug-likeness (QED) is 0.922. The molecule has 4 heteroatoms. The van der Waals surface area contributed by atoms with Gasteiger partial charge in [0.2, 0.25) is 0 Å². The Labute approximate surface area is 124 Å². The fourth-order valence-electron chi connectivity index (χ4n) is 2.55. The predicted octanol–water partition coefficient (Wildman–Crippen LogP) is 3.33. The molecule has 0 spiro atoms. The topological polar surface area (TPSA) is 38.5 Å². The number of benzene rings is 1. The van der Waals surface area contributed by atoms with Gasteiger partial charge in [0.25, 0.3) is 0 Å². The van der Waals surface area contributed by atoms with Crippen molar-refractivity contribution in [3.05, 3.63) is 28.2 Å². The fourth-order valence-corrected chi connectivity index (χ4v) is 3.25. The highest BCUT2D eigenvalue weighted by Gasteiger charge is 2.17. The second-order valence-electron chi connectivity index (χ2n) is 5.46. The molecular formula is C15H23BrN2O. The molecule has 1 saturated heterocycles. The third kappa shape index (κ3) is 3.94. The van der Waals surface area contributed by atoms with Crippen molar-refractivity contribution >= 4 is 21.6 Å². The maximum Gasteiger partial charge on any atom is 0.0511 e. The smallest absolute Gasteiger partial charge is 0.0511 e. The lowest BCUT2D eigenvalue weighted by atomic mass is 10.0. The van der Waals surface area contributed by atoms with Gasteiger partial charge in [-0.3, -0.25) is 0 Å². The van der Waals surface area contributed by atoms with Crippen LogP contribution in [0.4, 0.5) is 5.69 Å². The van der Waals surface area contributed by atoms with Crippen molar-refractivity contribution < 1.29 is 4.74 Å². The van der Waals surface area contributed by atoms with Crippen LogP contribution >= 0.6 is 15.9 Å². The largest absolute Gasteiger partial charge is 0.381 e. The zero-order valence-corrected chi connectivity index (χ0v) is 13.3. The Morgan fingerprint density at radius 2 is 2.32 bits per heavy atom. The van der Waals surface area contributed by atoms with E-state index in [9.17, 15) is 0 Å². The number of rotatable bonds is 4. The molecule has 2 unspecified atom stereocenters. The predicted molar refractivity (Wildman–Crippen MR) is 83.6 cm³/mol. The van der Waals surface area contributed by atoms with E-state index in [2.05, 4.69) is 46.1 Å². The van der Waals surface area contributed by atoms with Crippen LogP contribution < -0.4 is 10.6 Å². The van der Waals surface area contributed by atoms with Crippen LogP contribution in [0.3, 0.4) is 0 Å². The van der Waals surface area contributed by atoms with Crippen LogP contribution in [0.5, 0.6) is 0 Å². The van der Waals surface area contributed by atoms with Gasteiger partial charge in [-0.25, -0.2) is 0 Å². The first-order valence-electron chi connectivity index (χ1n) is 6.92. The van der Waals surface area contributed by atoms with E-state index in [1.165, 1.54) is 18.5 Å². The molecule has 1 aliphatic rings. The van der Waals surface area contributed by atoms with Gasteiger partial charge in [0.15, 0.2) is 0 Å². The summed E-state index contributed by atoms with van der Waals surface area (Å²) in [6.45, 7) is 4.85. The summed E-state index contributed by atoms with van der Waals surface area (Å²) in [5.41, 5.74) is 8.28. The third-order valence-electron chi connectivity index (χ3n) is 3.70. The molecule has 2 N–H and O–H groups in total. The zero-order valence-electron chi connectivity index (χ0n) is 11.7. The molecule has 1 aliphatic heterocycles. The molecule has 1 fully saturated rings. The Balaban J connectivity index is 2.03. The van der Waals surface area contributed by atoms with E-state index in [0.29, 0.717) is 5.92 Å². The number of nitrogens with two attached hydrogens (primary N) is 1. The normalized spacial score (nSPS) is 21.2. The van der Waals surface area contributed by atoms with Crippen molar-refractivity contribution in [3.8, 4) is 0 Å². The van der Waals surface area contributed by atoms with Crippen LogP contribution in [-0.2, 0) is 4.74 Å². The van der Waals surface area contributed by atoms with E-state index < -0.39 is 0 Å². The average molecular weight is 327 g/mol. The second kappa shape index (κ2) is 6.73. The van der Waals surface area contributed by atoms with Gasteiger partial charge in [0.05, 0.1) is 12.3 Å². The summed E-state index contributed by atoms with van der Waals surface area (Å²) in [5.74, 6) is 0.638. The lowest BCUT2D eigenvalue weighted by Crippen LogP contribution is -2.31. The van der Waals surface area contributed by atoms with Crippen LogP contribution in [0.25, 0.3) is 0 Å². The van der Waals surface area contributed by atoms with Gasteiger partial charge in [-0.15, -0.1) is 0 Å². The number of anilines is 1. The number of hydrogen-bond acceptors (Lipinski definition) is 3. The maximum atomic E-state index is 5.91. The molecule has 1 aromatic carbocycles. The standard InChI is InChI=1S/C15H23BrN2O/c1-11(17)13-5-6-15(14(16)8-13)18(2)9-12-4-3-7-19-10-12/h5-6,8,11-12H,3-4,7,9-10,17H2,1-2H3. The van der Waals surface area contributed by atoms with Gasteiger partial charge >= 0.3 is 0 Å². The highest BCUT2D eigenvalue weighted by atomic mass is 79.9. The summed E-state index contributed by atoms with van der Waals surface area (Å²) in [6, 6.07) is 6.45. The van der Waals surface area contributed by atoms with E-state index in [0.717, 1.165) is 29.8 Å². The molecule has 106 valence electrons. The van der Waals surface area contributed by atoms with Crippen molar-refractivity contribution in [1.82, 2.24) is 0 Å². The summed E-state index contributed by atoms with van der Waals surface area (Å²) >= 11 is 3.65. The van der Waals surface area contributed by atoms with Crippen LogP contribution in [0, 0.1) is 5.92 Å². The first kappa shape index (κ1) is 14.8. The first-order valence-corrected chi connectivity index (χ1v) is 7.71. The van der Waals surface area contributed by atoms with Gasteiger partial charge in [0, 0.05) is 30.7 Å². The molecule has 0 aliphatic carbocycles. The van der Waals surface area contributed by atoms with E-state index in [1.807, 2.05) is 6.92 Å². The Kier molecular flexibility index (Phi) is 5.25. The molecule has 0 bridgehead atoms. The Morgan fingerprint density at radius 3 is 2.89 bits per heavy atom. The third-order valence-corrected chi connectivity index (χ3v) is 4.33. The van der Waals surface area contributed by atoms with Crippen molar-refractivity contribution in [3.63, 3.8) is 0 Å². The number of hydrogen-bond donors (Lipinski definition) is 1. The number of halogens is 1. The van der Waals surface area contributed by atoms with Crippen LogP contribution in [0.2, 0.25) is 0 Å². The monoisotopic (exact) mass is 326 g/mol. The Morgan fingerprint density at radius 1 is 1.53 bits per heavy atom. The summed E-state index contributed by atoms with van der Waals surface area (Å²) < 4.78 is 6.66. The van der Waals surface area contributed by atoms with Crippen molar-refractivity contribution in [1.29, 1.82) is 0 Å². The lowest BCUT2D eigenvalue weighted by molar-refractivity contribution is 0.0576. The van der Waals surface area contributed by atoms with Crippen molar-refractivity contribution in [2.24, 2.45) is 11.7 Å². The van der Waals surface area contributed by atoms with Gasteiger partial charge < -0.3 is 15.4 Å². The van der Waals surface area contributed by atoms with Crippen molar-refractivity contribution in [2.45, 2.75) is 25.8 Å². The van der Waals surface area contributed by atoms with Crippen LogP contribution in [0.1, 0.15) is 31.4 Å². The highest BCUT2D eigenvalue weighted by molar-refractivity contribution is 9.10. The van der Waals surface area contributed by atoms with Crippen LogP contribution in [0.15, 0.2) is 22.7 Å². The molecular weight excluding hydrogens is 304 g/mol. The van der Waals surface area contributed by atoms with E-state index >= 15 is 0 Å². The molecule has 0 amide bonds. The minimum Gasteiger partial charge on any atom is -0.381 e. The number of nitrogens with zero attached hydrogens (tertiary/aromatic N) is 1. The zero-order chi connectivity index (χ0) is 13.8. The SMILES string of the molecule is CC(N)c1ccc(N(C)CC2CCCOC2)c(Br)c1. The molecule has 1 heterocycles. The van der Waals surface area contributed by atoms with Gasteiger partial charge in [-0.1, -0.05) is 6.07 Å². The second-order valence-corrected chi connectivity index (χ2v) is 6.32. The highest BCUT2D eigenvalue weighted by Crippen LogP contribution is 2.29. The van der Waals surface area contributed by atoms with E-state index in [4.69, 9.17) is 10.5 Å². The number of ether oxygens (including phenoxy) is 1. The first-order chi connectivity index (χ1) is 9.08. The van der Waals surface area contributed by atoms with E-state index in [1.54, 1.807) is 0 Å². The molecule has 0 radical (unpaired) electrons. The average Bonchev–Trinajstić information content (AvgIpc) is 2.39. The summed E-state index contributed by atoms with van der Waals surface area (Å²) in [4.78, 5) is 2.30. The molecule has 1 aromatic rings.